The van der Waals surface area contributed by atoms with Crippen LogP contribution in [0.25, 0.3) is 0 Å². The molecule has 1 spiro atoms. The Kier molecular flexibility index (Phi) is 2.24. The van der Waals surface area contributed by atoms with Crippen LogP contribution in [0.1, 0.15) is 59.3 Å². The van der Waals surface area contributed by atoms with Crippen molar-refractivity contribution in [1.82, 2.24) is 0 Å². The zero-order valence-electron chi connectivity index (χ0n) is 9.73. The molecular weight excluding hydrogens is 172 g/mol. The number of hydrogen-bond donors (Lipinski definition) is 0. The SMILES string of the molecule is CCCC1(C)C(C(C)=O)C12CCCC2. The van der Waals surface area contributed by atoms with E-state index in [-0.39, 0.29) is 0 Å². The Morgan fingerprint density at radius 1 is 1.36 bits per heavy atom. The van der Waals surface area contributed by atoms with Crippen molar-refractivity contribution in [3.63, 3.8) is 0 Å². The number of carbonyl (C=O) groups is 1. The van der Waals surface area contributed by atoms with Crippen molar-refractivity contribution >= 4 is 5.78 Å². The molecule has 80 valence electrons. The second-order valence-corrected chi connectivity index (χ2v) is 5.57. The van der Waals surface area contributed by atoms with Crippen molar-refractivity contribution in [2.45, 2.75) is 59.3 Å². The Morgan fingerprint density at radius 3 is 2.36 bits per heavy atom. The molecule has 0 bridgehead atoms. The van der Waals surface area contributed by atoms with Crippen molar-refractivity contribution in [1.29, 1.82) is 0 Å². The van der Waals surface area contributed by atoms with Crippen molar-refractivity contribution < 1.29 is 4.79 Å². The predicted octanol–water partition coefficient (Wildman–Crippen LogP) is 3.57. The maximum absolute atomic E-state index is 11.7. The fourth-order valence-electron chi connectivity index (χ4n) is 4.46. The molecule has 0 aliphatic heterocycles. The maximum Gasteiger partial charge on any atom is 0.134 e. The van der Waals surface area contributed by atoms with Gasteiger partial charge in [0.05, 0.1) is 0 Å². The van der Waals surface area contributed by atoms with Crippen LogP contribution in [0.3, 0.4) is 0 Å². The molecule has 0 aromatic rings. The number of Topliss-reactive ketones (excluding diaryl/α,β-unsaturated/α-hetero) is 1. The lowest BCUT2D eigenvalue weighted by Crippen LogP contribution is -2.06. The van der Waals surface area contributed by atoms with Crippen LogP contribution >= 0.6 is 0 Å². The van der Waals surface area contributed by atoms with E-state index in [2.05, 4.69) is 13.8 Å². The number of hydrogen-bond acceptors (Lipinski definition) is 1. The molecule has 0 heterocycles. The maximum atomic E-state index is 11.7. The zero-order chi connectivity index (χ0) is 10.4. The molecule has 0 N–H and O–H groups in total. The van der Waals surface area contributed by atoms with E-state index in [1.807, 2.05) is 0 Å². The van der Waals surface area contributed by atoms with Crippen molar-refractivity contribution in [2.24, 2.45) is 16.7 Å². The summed E-state index contributed by atoms with van der Waals surface area (Å²) in [5, 5.41) is 0. The summed E-state index contributed by atoms with van der Waals surface area (Å²) in [7, 11) is 0. The first-order chi connectivity index (χ1) is 6.58. The minimum Gasteiger partial charge on any atom is -0.300 e. The first kappa shape index (κ1) is 10.2. The van der Waals surface area contributed by atoms with E-state index in [9.17, 15) is 4.79 Å². The molecule has 0 radical (unpaired) electrons. The highest BCUT2D eigenvalue weighted by atomic mass is 16.1. The average Bonchev–Trinajstić information content (AvgIpc) is 2.47. The minimum atomic E-state index is 0.365. The van der Waals surface area contributed by atoms with Crippen LogP contribution in [0.5, 0.6) is 0 Å². The molecule has 2 rings (SSSR count). The monoisotopic (exact) mass is 194 g/mol. The van der Waals surface area contributed by atoms with Gasteiger partial charge in [-0.3, -0.25) is 4.79 Å². The third-order valence-electron chi connectivity index (χ3n) is 4.92. The van der Waals surface area contributed by atoms with Crippen LogP contribution in [-0.4, -0.2) is 5.78 Å². The van der Waals surface area contributed by atoms with E-state index in [1.54, 1.807) is 6.92 Å². The minimum absolute atomic E-state index is 0.365. The summed E-state index contributed by atoms with van der Waals surface area (Å²) in [4.78, 5) is 11.7. The Balaban J connectivity index is 2.21. The number of carbonyl (C=O) groups excluding carboxylic acids is 1. The van der Waals surface area contributed by atoms with Gasteiger partial charge in [0.25, 0.3) is 0 Å². The van der Waals surface area contributed by atoms with Gasteiger partial charge in [0, 0.05) is 5.92 Å². The lowest BCUT2D eigenvalue weighted by atomic mass is 9.89. The van der Waals surface area contributed by atoms with Gasteiger partial charge in [-0.15, -0.1) is 0 Å². The first-order valence-corrected chi connectivity index (χ1v) is 6.09. The van der Waals surface area contributed by atoms with E-state index in [0.717, 1.165) is 0 Å². The molecule has 0 aromatic carbocycles. The average molecular weight is 194 g/mol. The predicted molar refractivity (Wildman–Crippen MR) is 58.1 cm³/mol. The lowest BCUT2D eigenvalue weighted by Gasteiger charge is -2.15. The molecule has 0 aromatic heterocycles. The summed E-state index contributed by atoms with van der Waals surface area (Å²) in [6.07, 6.45) is 7.80. The molecule has 2 unspecified atom stereocenters. The summed E-state index contributed by atoms with van der Waals surface area (Å²) in [6.45, 7) is 6.39. The van der Waals surface area contributed by atoms with E-state index < -0.39 is 0 Å². The number of rotatable bonds is 3. The second-order valence-electron chi connectivity index (χ2n) is 5.57. The largest absolute Gasteiger partial charge is 0.300 e. The molecule has 14 heavy (non-hydrogen) atoms. The fourth-order valence-corrected chi connectivity index (χ4v) is 4.46. The van der Waals surface area contributed by atoms with Gasteiger partial charge in [-0.25, -0.2) is 0 Å². The van der Waals surface area contributed by atoms with Gasteiger partial charge in [-0.2, -0.15) is 0 Å². The molecule has 1 nitrogen and oxygen atoms in total. The summed E-state index contributed by atoms with van der Waals surface area (Å²) in [5.41, 5.74) is 0.804. The third-order valence-corrected chi connectivity index (χ3v) is 4.92. The lowest BCUT2D eigenvalue weighted by molar-refractivity contribution is -0.119. The second kappa shape index (κ2) is 3.08. The van der Waals surface area contributed by atoms with Crippen LogP contribution in [0, 0.1) is 16.7 Å². The molecule has 1 heteroatoms. The Morgan fingerprint density at radius 2 is 1.93 bits per heavy atom. The van der Waals surface area contributed by atoms with Gasteiger partial charge >= 0.3 is 0 Å². The van der Waals surface area contributed by atoms with Crippen LogP contribution in [0.4, 0.5) is 0 Å². The van der Waals surface area contributed by atoms with Gasteiger partial charge in [0.15, 0.2) is 0 Å². The van der Waals surface area contributed by atoms with Gasteiger partial charge in [-0.05, 0) is 37.0 Å². The Bertz CT molecular complexity index is 250. The van der Waals surface area contributed by atoms with E-state index in [1.165, 1.54) is 38.5 Å². The summed E-state index contributed by atoms with van der Waals surface area (Å²) >= 11 is 0. The van der Waals surface area contributed by atoms with Gasteiger partial charge < -0.3 is 0 Å². The molecule has 2 saturated carbocycles. The highest BCUT2D eigenvalue weighted by Gasteiger charge is 2.74. The van der Waals surface area contributed by atoms with Crippen molar-refractivity contribution in [3.05, 3.63) is 0 Å². The van der Waals surface area contributed by atoms with E-state index in [4.69, 9.17) is 0 Å². The van der Waals surface area contributed by atoms with Gasteiger partial charge in [0.2, 0.25) is 0 Å². The normalized spacial score (nSPS) is 38.9. The molecular formula is C13H22O. The Labute approximate surface area is 87.3 Å². The van der Waals surface area contributed by atoms with Crippen LogP contribution < -0.4 is 0 Å². The summed E-state index contributed by atoms with van der Waals surface area (Å²) in [5.74, 6) is 0.848. The van der Waals surface area contributed by atoms with Crippen LogP contribution in [-0.2, 0) is 4.79 Å². The highest BCUT2D eigenvalue weighted by molar-refractivity contribution is 5.84. The fraction of sp³-hybridized carbons (Fsp3) is 0.923. The van der Waals surface area contributed by atoms with Gasteiger partial charge in [0.1, 0.15) is 5.78 Å². The van der Waals surface area contributed by atoms with Gasteiger partial charge in [-0.1, -0.05) is 33.1 Å². The highest BCUT2D eigenvalue weighted by Crippen LogP contribution is 2.77. The van der Waals surface area contributed by atoms with E-state index in [0.29, 0.717) is 22.5 Å². The molecule has 2 aliphatic carbocycles. The Hall–Kier alpha value is -0.330. The first-order valence-electron chi connectivity index (χ1n) is 6.09. The molecule has 2 aliphatic rings. The molecule has 0 amide bonds. The quantitative estimate of drug-likeness (QED) is 0.671. The number of ketones is 1. The van der Waals surface area contributed by atoms with Crippen LogP contribution in [0.2, 0.25) is 0 Å². The zero-order valence-corrected chi connectivity index (χ0v) is 9.73. The third kappa shape index (κ3) is 1.04. The van der Waals surface area contributed by atoms with Crippen molar-refractivity contribution in [3.8, 4) is 0 Å². The summed E-state index contributed by atoms with van der Waals surface area (Å²) < 4.78 is 0. The van der Waals surface area contributed by atoms with Crippen molar-refractivity contribution in [2.75, 3.05) is 0 Å². The standard InChI is InChI=1S/C13H22O/c1-4-7-12(3)11(10(2)14)13(12)8-5-6-9-13/h11H,4-9H2,1-3H3. The molecule has 2 atom stereocenters. The smallest absolute Gasteiger partial charge is 0.134 e. The van der Waals surface area contributed by atoms with E-state index >= 15 is 0 Å². The molecule has 0 saturated heterocycles. The molecule has 2 fully saturated rings. The van der Waals surface area contributed by atoms with Crippen LogP contribution in [0.15, 0.2) is 0 Å². The topological polar surface area (TPSA) is 17.1 Å². The summed E-state index contributed by atoms with van der Waals surface area (Å²) in [6, 6.07) is 0.